The predicted octanol–water partition coefficient (Wildman–Crippen LogP) is 4.17. The normalized spacial score (nSPS) is 12.1. The molecule has 4 rings (SSSR count). The standard InChI is InChI=1S/C19H15N3/c20-17(16-12-22-19-8-2-1-6-15(16)19)11-13-5-3-9-18-14(13)7-4-10-21-18/h1-12,22H,20H2/b17-11-. The quantitative estimate of drug-likeness (QED) is 0.580. The number of nitrogens with two attached hydrogens (primary N) is 1. The number of benzene rings is 2. The molecule has 0 saturated carbocycles. The van der Waals surface area contributed by atoms with Crippen molar-refractivity contribution in [2.45, 2.75) is 0 Å². The maximum Gasteiger partial charge on any atom is 0.0707 e. The molecule has 2 heterocycles. The first-order chi connectivity index (χ1) is 10.8. The van der Waals surface area contributed by atoms with Crippen LogP contribution in [0.25, 0.3) is 33.6 Å². The molecule has 3 nitrogen and oxygen atoms in total. The Kier molecular flexibility index (Phi) is 2.90. The first-order valence-corrected chi connectivity index (χ1v) is 7.20. The third kappa shape index (κ3) is 2.04. The molecule has 0 spiro atoms. The van der Waals surface area contributed by atoms with Gasteiger partial charge in [0.1, 0.15) is 0 Å². The van der Waals surface area contributed by atoms with E-state index in [9.17, 15) is 0 Å². The van der Waals surface area contributed by atoms with Gasteiger partial charge in [-0.1, -0.05) is 36.4 Å². The van der Waals surface area contributed by atoms with Crippen LogP contribution in [0.4, 0.5) is 0 Å². The summed E-state index contributed by atoms with van der Waals surface area (Å²) in [6.45, 7) is 0. The molecule has 2 aromatic heterocycles. The highest BCUT2D eigenvalue weighted by atomic mass is 14.7. The van der Waals surface area contributed by atoms with E-state index in [1.807, 2.05) is 48.7 Å². The summed E-state index contributed by atoms with van der Waals surface area (Å²) in [5.41, 5.74) is 11.3. The summed E-state index contributed by atoms with van der Waals surface area (Å²) in [6, 6.07) is 18.2. The van der Waals surface area contributed by atoms with Crippen LogP contribution in [0.1, 0.15) is 11.1 Å². The fraction of sp³-hybridized carbons (Fsp3) is 0. The van der Waals surface area contributed by atoms with E-state index in [0.29, 0.717) is 0 Å². The Bertz CT molecular complexity index is 990. The van der Waals surface area contributed by atoms with Gasteiger partial charge in [0.25, 0.3) is 0 Å². The zero-order valence-electron chi connectivity index (χ0n) is 12.0. The number of nitrogens with one attached hydrogen (secondary N) is 1. The summed E-state index contributed by atoms with van der Waals surface area (Å²) in [4.78, 5) is 7.64. The maximum atomic E-state index is 6.35. The molecule has 22 heavy (non-hydrogen) atoms. The zero-order valence-corrected chi connectivity index (χ0v) is 12.0. The first-order valence-electron chi connectivity index (χ1n) is 7.20. The lowest BCUT2D eigenvalue weighted by Crippen LogP contribution is -1.95. The Morgan fingerprint density at radius 3 is 2.77 bits per heavy atom. The third-order valence-electron chi connectivity index (χ3n) is 3.89. The monoisotopic (exact) mass is 285 g/mol. The van der Waals surface area contributed by atoms with Crippen LogP contribution in [-0.4, -0.2) is 9.97 Å². The molecular formula is C19H15N3. The number of aromatic nitrogens is 2. The third-order valence-corrected chi connectivity index (χ3v) is 3.89. The number of H-pyrrole nitrogens is 1. The van der Waals surface area contributed by atoms with Crippen molar-refractivity contribution in [3.63, 3.8) is 0 Å². The highest BCUT2D eigenvalue weighted by Crippen LogP contribution is 2.25. The van der Waals surface area contributed by atoms with E-state index in [1.165, 1.54) is 0 Å². The molecule has 0 aliphatic heterocycles. The number of para-hydroxylation sites is 1. The molecule has 0 unspecified atom stereocenters. The topological polar surface area (TPSA) is 54.7 Å². The average molecular weight is 285 g/mol. The van der Waals surface area contributed by atoms with Crippen LogP contribution in [0.15, 0.2) is 67.0 Å². The summed E-state index contributed by atoms with van der Waals surface area (Å²) >= 11 is 0. The van der Waals surface area contributed by atoms with Crippen molar-refractivity contribution in [1.82, 2.24) is 9.97 Å². The lowest BCUT2D eigenvalue weighted by molar-refractivity contribution is 1.41. The van der Waals surface area contributed by atoms with Crippen LogP contribution in [0.2, 0.25) is 0 Å². The van der Waals surface area contributed by atoms with Crippen molar-refractivity contribution in [3.05, 3.63) is 78.1 Å². The highest BCUT2D eigenvalue weighted by Gasteiger charge is 2.06. The smallest absolute Gasteiger partial charge is 0.0707 e. The number of rotatable bonds is 2. The average Bonchev–Trinajstić information content (AvgIpc) is 2.99. The van der Waals surface area contributed by atoms with Crippen molar-refractivity contribution in [1.29, 1.82) is 0 Å². The highest BCUT2D eigenvalue weighted by molar-refractivity contribution is 5.99. The van der Waals surface area contributed by atoms with Gasteiger partial charge in [-0.15, -0.1) is 0 Å². The molecule has 3 N–H and O–H groups in total. The first kappa shape index (κ1) is 12.7. The summed E-state index contributed by atoms with van der Waals surface area (Å²) in [7, 11) is 0. The van der Waals surface area contributed by atoms with Crippen LogP contribution < -0.4 is 5.73 Å². The SMILES string of the molecule is N/C(=C\c1cccc2ncccc12)c1c[nH]c2ccccc12. The van der Waals surface area contributed by atoms with Crippen LogP contribution in [0.3, 0.4) is 0 Å². The Labute approximate surface area is 128 Å². The van der Waals surface area contributed by atoms with Gasteiger partial charge in [0.15, 0.2) is 0 Å². The van der Waals surface area contributed by atoms with Crippen molar-refractivity contribution >= 4 is 33.6 Å². The lowest BCUT2D eigenvalue weighted by Gasteiger charge is -2.04. The number of hydrogen-bond donors (Lipinski definition) is 2. The summed E-state index contributed by atoms with van der Waals surface area (Å²) in [6.07, 6.45) is 5.78. The van der Waals surface area contributed by atoms with Gasteiger partial charge in [-0.25, -0.2) is 0 Å². The molecule has 106 valence electrons. The predicted molar refractivity (Wildman–Crippen MR) is 92.1 cm³/mol. The number of pyridine rings is 1. The van der Waals surface area contributed by atoms with E-state index < -0.39 is 0 Å². The largest absolute Gasteiger partial charge is 0.398 e. The van der Waals surface area contributed by atoms with Gasteiger partial charge in [0.2, 0.25) is 0 Å². The second-order valence-corrected chi connectivity index (χ2v) is 5.26. The van der Waals surface area contributed by atoms with E-state index in [2.05, 4.69) is 28.2 Å². The summed E-state index contributed by atoms with van der Waals surface area (Å²) in [5.74, 6) is 0. The van der Waals surface area contributed by atoms with E-state index >= 15 is 0 Å². The Morgan fingerprint density at radius 1 is 0.955 bits per heavy atom. The fourth-order valence-electron chi connectivity index (χ4n) is 2.81. The Balaban J connectivity index is 1.88. The molecule has 0 bridgehead atoms. The molecule has 0 aliphatic rings. The molecule has 0 saturated heterocycles. The van der Waals surface area contributed by atoms with Crippen LogP contribution >= 0.6 is 0 Å². The van der Waals surface area contributed by atoms with Gasteiger partial charge < -0.3 is 10.7 Å². The minimum absolute atomic E-state index is 0.744. The molecule has 0 amide bonds. The van der Waals surface area contributed by atoms with Gasteiger partial charge >= 0.3 is 0 Å². The number of nitrogens with zero attached hydrogens (tertiary/aromatic N) is 1. The zero-order chi connectivity index (χ0) is 14.9. The van der Waals surface area contributed by atoms with Crippen LogP contribution in [0, 0.1) is 0 Å². The number of fused-ring (bicyclic) bond motifs is 2. The van der Waals surface area contributed by atoms with Crippen molar-refractivity contribution in [3.8, 4) is 0 Å². The van der Waals surface area contributed by atoms with E-state index in [-0.39, 0.29) is 0 Å². The van der Waals surface area contributed by atoms with Gasteiger partial charge in [-0.3, -0.25) is 4.98 Å². The molecule has 2 aromatic carbocycles. The molecule has 3 heteroatoms. The second-order valence-electron chi connectivity index (χ2n) is 5.26. The molecule has 0 atom stereocenters. The van der Waals surface area contributed by atoms with E-state index in [0.717, 1.165) is 38.6 Å². The number of aromatic amines is 1. The Morgan fingerprint density at radius 2 is 1.82 bits per heavy atom. The van der Waals surface area contributed by atoms with Crippen molar-refractivity contribution in [2.75, 3.05) is 0 Å². The molecule has 0 fully saturated rings. The minimum Gasteiger partial charge on any atom is -0.398 e. The molecule has 4 aromatic rings. The van der Waals surface area contributed by atoms with Gasteiger partial charge in [-0.05, 0) is 29.8 Å². The molecular weight excluding hydrogens is 270 g/mol. The van der Waals surface area contributed by atoms with Crippen molar-refractivity contribution in [2.24, 2.45) is 5.73 Å². The summed E-state index contributed by atoms with van der Waals surface area (Å²) in [5, 5.41) is 2.24. The summed E-state index contributed by atoms with van der Waals surface area (Å²) < 4.78 is 0. The van der Waals surface area contributed by atoms with Crippen LogP contribution in [-0.2, 0) is 0 Å². The van der Waals surface area contributed by atoms with Crippen molar-refractivity contribution < 1.29 is 0 Å². The van der Waals surface area contributed by atoms with E-state index in [1.54, 1.807) is 6.20 Å². The fourth-order valence-corrected chi connectivity index (χ4v) is 2.81. The molecule has 0 aliphatic carbocycles. The van der Waals surface area contributed by atoms with Gasteiger partial charge in [0, 0.05) is 39.9 Å². The number of hydrogen-bond acceptors (Lipinski definition) is 2. The Hall–Kier alpha value is -3.07. The molecule has 0 radical (unpaired) electrons. The van der Waals surface area contributed by atoms with Gasteiger partial charge in [0.05, 0.1) is 5.52 Å². The van der Waals surface area contributed by atoms with Gasteiger partial charge in [-0.2, -0.15) is 0 Å². The lowest BCUT2D eigenvalue weighted by atomic mass is 10.0. The van der Waals surface area contributed by atoms with E-state index in [4.69, 9.17) is 5.73 Å². The minimum atomic E-state index is 0.744. The van der Waals surface area contributed by atoms with Crippen LogP contribution in [0.5, 0.6) is 0 Å². The second kappa shape index (κ2) is 5.04. The maximum absolute atomic E-state index is 6.35.